The maximum Gasteiger partial charge on any atom is 0.119 e. The van der Waals surface area contributed by atoms with Crippen LogP contribution in [0.15, 0.2) is 24.3 Å². The van der Waals surface area contributed by atoms with Gasteiger partial charge in [0.25, 0.3) is 0 Å². The fourth-order valence-electron chi connectivity index (χ4n) is 2.21. The lowest BCUT2D eigenvalue weighted by molar-refractivity contribution is 0.281. The van der Waals surface area contributed by atoms with Crippen molar-refractivity contribution in [3.8, 4) is 5.75 Å². The lowest BCUT2D eigenvalue weighted by atomic mass is 10.0. The van der Waals surface area contributed by atoms with E-state index < -0.39 is 0 Å². The normalized spacial score (nSPS) is 12.7. The summed E-state index contributed by atoms with van der Waals surface area (Å²) in [5, 5.41) is 3.58. The van der Waals surface area contributed by atoms with E-state index in [-0.39, 0.29) is 0 Å². The van der Waals surface area contributed by atoms with Crippen molar-refractivity contribution in [2.45, 2.75) is 39.2 Å². The van der Waals surface area contributed by atoms with Crippen molar-refractivity contribution in [2.24, 2.45) is 0 Å². The van der Waals surface area contributed by atoms with Crippen molar-refractivity contribution in [2.75, 3.05) is 33.8 Å². The molecule has 1 aromatic rings. The largest absolute Gasteiger partial charge is 0.494 e. The molecule has 1 rings (SSSR count). The first-order valence-corrected chi connectivity index (χ1v) is 7.78. The molecule has 0 heterocycles. The van der Waals surface area contributed by atoms with Crippen molar-refractivity contribution in [3.63, 3.8) is 0 Å². The minimum Gasteiger partial charge on any atom is -0.494 e. The summed E-state index contributed by atoms with van der Waals surface area (Å²) in [4.78, 5) is 2.18. The monoisotopic (exact) mass is 278 g/mol. The highest BCUT2D eigenvalue weighted by molar-refractivity contribution is 5.30. The van der Waals surface area contributed by atoms with Gasteiger partial charge in [0.2, 0.25) is 0 Å². The van der Waals surface area contributed by atoms with Crippen LogP contribution in [0.25, 0.3) is 0 Å². The predicted molar refractivity (Wildman–Crippen MR) is 86.4 cm³/mol. The van der Waals surface area contributed by atoms with Crippen molar-refractivity contribution in [1.82, 2.24) is 10.2 Å². The quantitative estimate of drug-likeness (QED) is 0.663. The zero-order valence-corrected chi connectivity index (χ0v) is 13.5. The first kappa shape index (κ1) is 17.0. The summed E-state index contributed by atoms with van der Waals surface area (Å²) in [5.41, 5.74) is 1.33. The smallest absolute Gasteiger partial charge is 0.119 e. The van der Waals surface area contributed by atoms with Gasteiger partial charge in [0, 0.05) is 12.6 Å². The number of hydrogen-bond donors (Lipinski definition) is 1. The van der Waals surface area contributed by atoms with E-state index in [0.29, 0.717) is 6.04 Å². The third kappa shape index (κ3) is 6.40. The molecule has 0 radical (unpaired) electrons. The minimum atomic E-state index is 0.431. The van der Waals surface area contributed by atoms with Gasteiger partial charge < -0.3 is 15.0 Å². The molecular formula is C17H30N2O. The molecule has 1 N–H and O–H groups in total. The molecule has 0 aliphatic carbocycles. The molecule has 0 saturated heterocycles. The van der Waals surface area contributed by atoms with Crippen LogP contribution in [-0.2, 0) is 0 Å². The molecule has 0 aromatic heterocycles. The molecule has 0 bridgehead atoms. The van der Waals surface area contributed by atoms with E-state index in [1.54, 1.807) is 0 Å². The summed E-state index contributed by atoms with van der Waals surface area (Å²) >= 11 is 0. The van der Waals surface area contributed by atoms with Gasteiger partial charge in [0.05, 0.1) is 6.61 Å². The molecule has 0 saturated carbocycles. The first-order chi connectivity index (χ1) is 9.67. The molecule has 0 fully saturated rings. The Hall–Kier alpha value is -1.06. The molecule has 1 atom stereocenters. The summed E-state index contributed by atoms with van der Waals surface area (Å²) in [6.07, 6.45) is 3.32. The highest BCUT2D eigenvalue weighted by Gasteiger charge is 2.08. The van der Waals surface area contributed by atoms with Gasteiger partial charge in [-0.15, -0.1) is 0 Å². The summed E-state index contributed by atoms with van der Waals surface area (Å²) in [7, 11) is 4.18. The number of hydrogen-bond acceptors (Lipinski definition) is 3. The summed E-state index contributed by atoms with van der Waals surface area (Å²) < 4.78 is 5.84. The van der Waals surface area contributed by atoms with E-state index in [0.717, 1.165) is 44.7 Å². The lowest BCUT2D eigenvalue weighted by Crippen LogP contribution is -2.21. The maximum atomic E-state index is 5.84. The SMILES string of the molecule is CCCNC(CC)c1cccc(OCCCN(C)C)c1. The average Bonchev–Trinajstić information content (AvgIpc) is 2.45. The van der Waals surface area contributed by atoms with Crippen molar-refractivity contribution >= 4 is 0 Å². The Bertz CT molecular complexity index is 366. The number of nitrogens with one attached hydrogen (secondary N) is 1. The third-order valence-electron chi connectivity index (χ3n) is 3.33. The molecule has 1 aromatic carbocycles. The second kappa shape index (κ2) is 9.78. The van der Waals surface area contributed by atoms with Crippen molar-refractivity contribution < 1.29 is 4.74 Å². The van der Waals surface area contributed by atoms with Crippen LogP contribution in [0.3, 0.4) is 0 Å². The van der Waals surface area contributed by atoms with Crippen molar-refractivity contribution in [3.05, 3.63) is 29.8 Å². The predicted octanol–water partition coefficient (Wildman–Crippen LogP) is 3.47. The van der Waals surface area contributed by atoms with E-state index in [1.807, 2.05) is 6.07 Å². The van der Waals surface area contributed by atoms with Gasteiger partial charge in [0.1, 0.15) is 5.75 Å². The molecule has 0 aliphatic rings. The zero-order valence-electron chi connectivity index (χ0n) is 13.5. The number of benzene rings is 1. The topological polar surface area (TPSA) is 24.5 Å². The van der Waals surface area contributed by atoms with Gasteiger partial charge in [0.15, 0.2) is 0 Å². The van der Waals surface area contributed by atoms with E-state index in [1.165, 1.54) is 5.56 Å². The van der Waals surface area contributed by atoms with Gasteiger partial charge in [-0.25, -0.2) is 0 Å². The van der Waals surface area contributed by atoms with E-state index in [4.69, 9.17) is 4.74 Å². The molecule has 3 heteroatoms. The molecule has 0 aliphatic heterocycles. The Kier molecular flexibility index (Phi) is 8.31. The number of rotatable bonds is 10. The molecule has 20 heavy (non-hydrogen) atoms. The molecule has 3 nitrogen and oxygen atoms in total. The fraction of sp³-hybridized carbons (Fsp3) is 0.647. The summed E-state index contributed by atoms with van der Waals surface area (Å²) in [6, 6.07) is 8.93. The van der Waals surface area contributed by atoms with Crippen LogP contribution in [0.5, 0.6) is 5.75 Å². The van der Waals surface area contributed by atoms with E-state index >= 15 is 0 Å². The first-order valence-electron chi connectivity index (χ1n) is 7.78. The van der Waals surface area contributed by atoms with Crippen LogP contribution in [0.4, 0.5) is 0 Å². The van der Waals surface area contributed by atoms with Crippen molar-refractivity contribution in [1.29, 1.82) is 0 Å². The Morgan fingerprint density at radius 3 is 2.70 bits per heavy atom. The highest BCUT2D eigenvalue weighted by atomic mass is 16.5. The molecule has 0 spiro atoms. The van der Waals surface area contributed by atoms with Crippen LogP contribution in [0, 0.1) is 0 Å². The van der Waals surface area contributed by atoms with Gasteiger partial charge in [-0.2, -0.15) is 0 Å². The second-order valence-corrected chi connectivity index (χ2v) is 5.49. The van der Waals surface area contributed by atoms with Gasteiger partial charge in [-0.3, -0.25) is 0 Å². The standard InChI is InChI=1S/C17H30N2O/c1-5-11-18-17(6-2)15-9-7-10-16(14-15)20-13-8-12-19(3)4/h7,9-10,14,17-18H,5-6,8,11-13H2,1-4H3. The Balaban J connectivity index is 2.51. The zero-order chi connectivity index (χ0) is 14.8. The number of nitrogens with zero attached hydrogens (tertiary/aromatic N) is 1. The van der Waals surface area contributed by atoms with Crippen LogP contribution in [-0.4, -0.2) is 38.7 Å². The molecule has 0 amide bonds. The maximum absolute atomic E-state index is 5.84. The highest BCUT2D eigenvalue weighted by Crippen LogP contribution is 2.21. The minimum absolute atomic E-state index is 0.431. The second-order valence-electron chi connectivity index (χ2n) is 5.49. The fourth-order valence-corrected chi connectivity index (χ4v) is 2.21. The number of ether oxygens (including phenoxy) is 1. The third-order valence-corrected chi connectivity index (χ3v) is 3.33. The van der Waals surface area contributed by atoms with Crippen LogP contribution in [0.2, 0.25) is 0 Å². The lowest BCUT2D eigenvalue weighted by Gasteiger charge is -2.18. The molecule has 1 unspecified atom stereocenters. The average molecular weight is 278 g/mol. The van der Waals surface area contributed by atoms with Crippen LogP contribution < -0.4 is 10.1 Å². The van der Waals surface area contributed by atoms with E-state index in [9.17, 15) is 0 Å². The van der Waals surface area contributed by atoms with E-state index in [2.05, 4.69) is 56.4 Å². The Morgan fingerprint density at radius 2 is 2.05 bits per heavy atom. The Morgan fingerprint density at radius 1 is 1.25 bits per heavy atom. The van der Waals surface area contributed by atoms with Gasteiger partial charge in [-0.1, -0.05) is 26.0 Å². The molecular weight excluding hydrogens is 248 g/mol. The van der Waals surface area contributed by atoms with Crippen LogP contribution >= 0.6 is 0 Å². The van der Waals surface area contributed by atoms with Crippen LogP contribution in [0.1, 0.15) is 44.7 Å². The van der Waals surface area contributed by atoms with Gasteiger partial charge >= 0.3 is 0 Å². The summed E-state index contributed by atoms with van der Waals surface area (Å²) in [6.45, 7) is 7.32. The molecule has 114 valence electrons. The van der Waals surface area contributed by atoms with Gasteiger partial charge in [-0.05, 0) is 57.6 Å². The Labute approximate surface area is 124 Å². The summed E-state index contributed by atoms with van der Waals surface area (Å²) in [5.74, 6) is 0.984.